The highest BCUT2D eigenvalue weighted by Crippen LogP contribution is 2.34. The van der Waals surface area contributed by atoms with Gasteiger partial charge in [-0.25, -0.2) is 0 Å². The molecular weight excluding hydrogens is 408 g/mol. The Balaban J connectivity index is 1.73. The number of ether oxygens (including phenoxy) is 1. The van der Waals surface area contributed by atoms with E-state index < -0.39 is 6.10 Å². The molecule has 0 radical (unpaired) electrons. The second kappa shape index (κ2) is 10.3. The fourth-order valence-corrected chi connectivity index (χ4v) is 4.68. The number of fused-ring (bicyclic) bond motifs is 1. The van der Waals surface area contributed by atoms with Gasteiger partial charge in [0.25, 0.3) is 0 Å². The van der Waals surface area contributed by atoms with E-state index in [9.17, 15) is 9.90 Å². The minimum absolute atomic E-state index is 0.0362. The van der Waals surface area contributed by atoms with E-state index in [1.165, 1.54) is 4.88 Å². The molecule has 5 nitrogen and oxygen atoms in total. The van der Waals surface area contributed by atoms with Gasteiger partial charge < -0.3 is 14.7 Å². The quantitative estimate of drug-likeness (QED) is 0.610. The molecule has 0 bridgehead atoms. The summed E-state index contributed by atoms with van der Waals surface area (Å²) in [6.07, 6.45) is 2.11. The number of aliphatic hydroxyl groups is 1. The number of rotatable bonds is 9. The second-order valence-corrected chi connectivity index (χ2v) is 8.69. The Hall–Kier alpha value is -1.86. The number of hydrogen-bond donors (Lipinski definition) is 1. The first-order chi connectivity index (χ1) is 14.0. The molecule has 2 aromatic rings. The molecule has 0 spiro atoms. The van der Waals surface area contributed by atoms with Gasteiger partial charge in [0.2, 0.25) is 5.91 Å². The van der Waals surface area contributed by atoms with Crippen molar-refractivity contribution in [2.45, 2.75) is 25.5 Å². The van der Waals surface area contributed by atoms with Crippen molar-refractivity contribution >= 4 is 28.8 Å². The van der Waals surface area contributed by atoms with Gasteiger partial charge in [-0.3, -0.25) is 9.69 Å². The average Bonchev–Trinajstić information content (AvgIpc) is 3.16. The van der Waals surface area contributed by atoms with Crippen molar-refractivity contribution in [3.05, 3.63) is 63.8 Å². The highest BCUT2D eigenvalue weighted by atomic mass is 35.5. The number of benzene rings is 1. The third-order valence-electron chi connectivity index (χ3n) is 4.91. The summed E-state index contributed by atoms with van der Waals surface area (Å²) in [7, 11) is 0. The van der Waals surface area contributed by atoms with Crippen LogP contribution in [-0.2, 0) is 11.2 Å². The molecule has 2 atom stereocenters. The highest BCUT2D eigenvalue weighted by Gasteiger charge is 2.32. The molecule has 3 rings (SSSR count). The summed E-state index contributed by atoms with van der Waals surface area (Å²) in [5.74, 6) is 0.764. The van der Waals surface area contributed by atoms with Crippen LogP contribution in [-0.4, -0.2) is 59.7 Å². The van der Waals surface area contributed by atoms with Gasteiger partial charge in [0, 0.05) is 29.5 Å². The number of halogens is 1. The van der Waals surface area contributed by atoms with Gasteiger partial charge >= 0.3 is 0 Å². The van der Waals surface area contributed by atoms with Gasteiger partial charge in [-0.15, -0.1) is 17.9 Å². The Kier molecular flexibility index (Phi) is 7.72. The van der Waals surface area contributed by atoms with Gasteiger partial charge in [-0.2, -0.15) is 0 Å². The number of aliphatic hydroxyl groups excluding tert-OH is 1. The minimum atomic E-state index is -0.503. The van der Waals surface area contributed by atoms with Gasteiger partial charge in [-0.1, -0.05) is 17.7 Å². The summed E-state index contributed by atoms with van der Waals surface area (Å²) in [5, 5.41) is 12.5. The summed E-state index contributed by atoms with van der Waals surface area (Å²) in [6, 6.07) is 9.21. The summed E-state index contributed by atoms with van der Waals surface area (Å²) in [6.45, 7) is 7.76. The third-order valence-corrected chi connectivity index (χ3v) is 6.15. The number of nitrogens with zero attached hydrogens (tertiary/aromatic N) is 2. The monoisotopic (exact) mass is 434 g/mol. The number of hydrogen-bond acceptors (Lipinski definition) is 5. The van der Waals surface area contributed by atoms with E-state index in [1.807, 2.05) is 21.9 Å². The van der Waals surface area contributed by atoms with Crippen LogP contribution in [0.2, 0.25) is 5.02 Å². The number of carbonyl (C=O) groups is 1. The zero-order chi connectivity index (χ0) is 20.8. The van der Waals surface area contributed by atoms with E-state index >= 15 is 0 Å². The number of thiophene rings is 1. The Bertz CT molecular complexity index is 822. The lowest BCUT2D eigenvalue weighted by Gasteiger charge is -2.37. The van der Waals surface area contributed by atoms with Crippen LogP contribution in [0.15, 0.2) is 48.4 Å². The van der Waals surface area contributed by atoms with Gasteiger partial charge in [-0.05, 0) is 54.6 Å². The molecule has 1 aliphatic rings. The van der Waals surface area contributed by atoms with Crippen LogP contribution < -0.4 is 4.74 Å². The van der Waals surface area contributed by atoms with Crippen LogP contribution in [0.1, 0.15) is 23.4 Å². The van der Waals surface area contributed by atoms with Crippen molar-refractivity contribution in [2.75, 3.05) is 32.8 Å². The molecule has 1 aromatic heterocycles. The highest BCUT2D eigenvalue weighted by molar-refractivity contribution is 7.10. The largest absolute Gasteiger partial charge is 0.491 e. The third kappa shape index (κ3) is 5.82. The van der Waals surface area contributed by atoms with E-state index in [4.69, 9.17) is 16.3 Å². The molecule has 0 saturated carbocycles. The Morgan fingerprint density at radius 2 is 2.21 bits per heavy atom. The predicted molar refractivity (Wildman–Crippen MR) is 118 cm³/mol. The minimum Gasteiger partial charge on any atom is -0.491 e. The van der Waals surface area contributed by atoms with Crippen molar-refractivity contribution in [1.82, 2.24) is 9.80 Å². The molecule has 0 fully saturated rings. The van der Waals surface area contributed by atoms with Crippen molar-refractivity contribution in [1.29, 1.82) is 0 Å². The topological polar surface area (TPSA) is 53.0 Å². The first-order valence-electron chi connectivity index (χ1n) is 9.73. The van der Waals surface area contributed by atoms with E-state index in [0.29, 0.717) is 31.3 Å². The molecule has 1 aromatic carbocycles. The van der Waals surface area contributed by atoms with Crippen molar-refractivity contribution < 1.29 is 14.6 Å². The van der Waals surface area contributed by atoms with Gasteiger partial charge in [0.15, 0.2) is 0 Å². The second-order valence-electron chi connectivity index (χ2n) is 7.25. The Morgan fingerprint density at radius 3 is 2.90 bits per heavy atom. The summed E-state index contributed by atoms with van der Waals surface area (Å²) in [4.78, 5) is 18.3. The van der Waals surface area contributed by atoms with Gasteiger partial charge in [0.1, 0.15) is 12.4 Å². The smallest absolute Gasteiger partial charge is 0.237 e. The lowest BCUT2D eigenvalue weighted by atomic mass is 10.0. The first kappa shape index (κ1) is 21.8. The average molecular weight is 435 g/mol. The lowest BCUT2D eigenvalue weighted by Crippen LogP contribution is -2.47. The number of amides is 1. The summed E-state index contributed by atoms with van der Waals surface area (Å²) in [5.41, 5.74) is 1.16. The molecule has 1 N–H and O–H groups in total. The number of carbonyl (C=O) groups excluding carboxylic acids is 1. The lowest BCUT2D eigenvalue weighted by molar-refractivity contribution is -0.136. The molecule has 1 amide bonds. The van der Waals surface area contributed by atoms with Crippen LogP contribution in [0.3, 0.4) is 0 Å². The predicted octanol–water partition coefficient (Wildman–Crippen LogP) is 3.78. The fraction of sp³-hybridized carbons (Fsp3) is 0.409. The van der Waals surface area contributed by atoms with Crippen LogP contribution in [0.25, 0.3) is 0 Å². The first-order valence-corrected chi connectivity index (χ1v) is 11.0. The molecule has 7 heteroatoms. The Labute approximate surface area is 181 Å². The van der Waals surface area contributed by atoms with Crippen molar-refractivity contribution in [3.63, 3.8) is 0 Å². The molecule has 29 heavy (non-hydrogen) atoms. The molecule has 0 saturated heterocycles. The molecule has 2 heterocycles. The molecular formula is C22H27ClN2O3S. The van der Waals surface area contributed by atoms with Crippen LogP contribution in [0.4, 0.5) is 0 Å². The Morgan fingerprint density at radius 1 is 1.45 bits per heavy atom. The van der Waals surface area contributed by atoms with E-state index in [0.717, 1.165) is 17.7 Å². The summed E-state index contributed by atoms with van der Waals surface area (Å²) < 4.78 is 6.01. The van der Waals surface area contributed by atoms with Gasteiger partial charge in [0.05, 0.1) is 18.7 Å². The maximum Gasteiger partial charge on any atom is 0.237 e. The van der Waals surface area contributed by atoms with Crippen molar-refractivity contribution in [3.8, 4) is 5.75 Å². The van der Waals surface area contributed by atoms with E-state index in [-0.39, 0.29) is 18.5 Å². The van der Waals surface area contributed by atoms with E-state index in [1.54, 1.807) is 36.5 Å². The molecule has 0 aliphatic carbocycles. The fourth-order valence-electron chi connectivity index (χ4n) is 3.62. The standard InChI is InChI=1S/C22H27ClN2O3S/c1-3-10-24(13-16(2)26)14-22(27)25-11-8-21-19(9-12-29-21)20(25)15-28-18-6-4-17(23)5-7-18/h3-7,9,12,16,20,26H,1,8,10-11,13-15H2,2H3. The normalized spacial score (nSPS) is 17.1. The van der Waals surface area contributed by atoms with Crippen molar-refractivity contribution in [2.24, 2.45) is 0 Å². The van der Waals surface area contributed by atoms with E-state index in [2.05, 4.69) is 18.0 Å². The molecule has 2 unspecified atom stereocenters. The maximum atomic E-state index is 13.2. The maximum absolute atomic E-state index is 13.2. The van der Waals surface area contributed by atoms with Crippen LogP contribution in [0.5, 0.6) is 5.75 Å². The summed E-state index contributed by atoms with van der Waals surface area (Å²) >= 11 is 7.68. The zero-order valence-corrected chi connectivity index (χ0v) is 18.2. The molecule has 156 valence electrons. The van der Waals surface area contributed by atoms with Crippen LogP contribution in [0, 0.1) is 0 Å². The van der Waals surface area contributed by atoms with Crippen LogP contribution >= 0.6 is 22.9 Å². The molecule has 1 aliphatic heterocycles. The SMILES string of the molecule is C=CCN(CC(=O)N1CCc2sccc2C1COc1ccc(Cl)cc1)CC(C)O. The zero-order valence-electron chi connectivity index (χ0n) is 16.6.